The van der Waals surface area contributed by atoms with Gasteiger partial charge in [-0.05, 0) is 70.0 Å². The molecule has 200 valence electrons. The van der Waals surface area contributed by atoms with E-state index in [-0.39, 0.29) is 5.91 Å². The van der Waals surface area contributed by atoms with Gasteiger partial charge in [-0.15, -0.1) is 11.3 Å². The molecule has 3 heterocycles. The Morgan fingerprint density at radius 1 is 1.03 bits per heavy atom. The van der Waals surface area contributed by atoms with Gasteiger partial charge in [0, 0.05) is 69.0 Å². The minimum atomic E-state index is -0.402. The van der Waals surface area contributed by atoms with Gasteiger partial charge in [-0.25, -0.2) is 9.97 Å². The summed E-state index contributed by atoms with van der Waals surface area (Å²) in [5.41, 5.74) is 1.11. The molecule has 2 aromatic rings. The second kappa shape index (κ2) is 12.8. The van der Waals surface area contributed by atoms with E-state index in [1.807, 2.05) is 43.6 Å². The van der Waals surface area contributed by atoms with Gasteiger partial charge >= 0.3 is 11.8 Å². The fraction of sp³-hybridized carbons (Fsp3) is 0.556. The van der Waals surface area contributed by atoms with E-state index in [0.29, 0.717) is 38.0 Å². The number of hydrogen-bond acceptors (Lipinski definition) is 7. The number of rotatable bonds is 10. The number of amides is 2. The number of hydrogen-bond donors (Lipinski definition) is 0. The van der Waals surface area contributed by atoms with Crippen molar-refractivity contribution in [3.8, 4) is 0 Å². The molecule has 2 fully saturated rings. The Morgan fingerprint density at radius 3 is 2.46 bits per heavy atom. The third-order valence-corrected chi connectivity index (χ3v) is 8.43. The fourth-order valence-electron chi connectivity index (χ4n) is 4.95. The van der Waals surface area contributed by atoms with Crippen LogP contribution in [0.2, 0.25) is 4.34 Å². The molecular formula is C27H37ClN6O2S. The molecule has 2 amide bonds. The Labute approximate surface area is 228 Å². The van der Waals surface area contributed by atoms with Crippen LogP contribution in [0.5, 0.6) is 0 Å². The van der Waals surface area contributed by atoms with Crippen LogP contribution in [-0.4, -0.2) is 96.9 Å². The summed E-state index contributed by atoms with van der Waals surface area (Å²) in [6.45, 7) is 4.09. The summed E-state index contributed by atoms with van der Waals surface area (Å²) >= 11 is 7.45. The lowest BCUT2D eigenvalue weighted by atomic mass is 9.80. The first kappa shape index (κ1) is 27.5. The molecule has 2 aliphatic rings. The molecular weight excluding hydrogens is 508 g/mol. The van der Waals surface area contributed by atoms with Crippen LogP contribution in [0.15, 0.2) is 30.5 Å². The minimum absolute atomic E-state index is 0.373. The summed E-state index contributed by atoms with van der Waals surface area (Å²) in [6.07, 6.45) is 9.89. The van der Waals surface area contributed by atoms with Gasteiger partial charge in [0.25, 0.3) is 0 Å². The van der Waals surface area contributed by atoms with E-state index < -0.39 is 5.91 Å². The van der Waals surface area contributed by atoms with Gasteiger partial charge in [0.2, 0.25) is 5.95 Å². The van der Waals surface area contributed by atoms with Crippen molar-refractivity contribution in [3.63, 3.8) is 0 Å². The number of aromatic nitrogens is 2. The van der Waals surface area contributed by atoms with E-state index in [9.17, 15) is 9.59 Å². The Kier molecular flexibility index (Phi) is 9.56. The molecule has 0 N–H and O–H groups in total. The molecule has 4 rings (SSSR count). The van der Waals surface area contributed by atoms with Crippen molar-refractivity contribution in [1.82, 2.24) is 24.7 Å². The smallest absolute Gasteiger partial charge is 0.312 e. The van der Waals surface area contributed by atoms with E-state index in [0.717, 1.165) is 59.6 Å². The van der Waals surface area contributed by atoms with Crippen LogP contribution in [0.4, 0.5) is 5.95 Å². The van der Waals surface area contributed by atoms with Crippen molar-refractivity contribution >= 4 is 46.8 Å². The highest BCUT2D eigenvalue weighted by Gasteiger charge is 2.34. The van der Waals surface area contributed by atoms with Gasteiger partial charge in [-0.3, -0.25) is 9.59 Å². The Bertz CT molecular complexity index is 1100. The SMILES string of the molecule is CN(C)CCN(C)c1nccc(C2CCC(CN3CCN(CC=Cc4ccc(Cl)s4)C(=O)C3=O)CC2)n1. The van der Waals surface area contributed by atoms with Crippen LogP contribution < -0.4 is 4.90 Å². The standard InChI is InChI=1S/C27H37ClN6O2S/c1-31(2)15-16-32(3)27-29-13-12-23(30-27)21-8-6-20(7-9-21)19-34-18-17-33(25(35)26(34)36)14-4-5-22-10-11-24(28)37-22/h4-5,10-13,20-21H,6-9,14-19H2,1-3H3. The molecule has 1 saturated carbocycles. The number of carbonyl (C=O) groups is 2. The topological polar surface area (TPSA) is 72.9 Å². The van der Waals surface area contributed by atoms with Crippen LogP contribution >= 0.6 is 22.9 Å². The Morgan fingerprint density at radius 2 is 1.76 bits per heavy atom. The summed E-state index contributed by atoms with van der Waals surface area (Å²) in [6, 6.07) is 5.83. The lowest BCUT2D eigenvalue weighted by molar-refractivity contribution is -0.156. The first-order valence-corrected chi connectivity index (χ1v) is 14.2. The van der Waals surface area contributed by atoms with Gasteiger partial charge in [-0.2, -0.15) is 0 Å². The largest absolute Gasteiger partial charge is 0.343 e. The molecule has 0 unspecified atom stereocenters. The number of likely N-dealkylation sites (N-methyl/N-ethyl adjacent to an activating group) is 2. The summed E-state index contributed by atoms with van der Waals surface area (Å²) in [7, 11) is 6.16. The van der Waals surface area contributed by atoms with Gasteiger partial charge in [0.05, 0.1) is 4.34 Å². The predicted octanol–water partition coefficient (Wildman–Crippen LogP) is 3.85. The maximum Gasteiger partial charge on any atom is 0.312 e. The van der Waals surface area contributed by atoms with Crippen LogP contribution in [0.3, 0.4) is 0 Å². The summed E-state index contributed by atoms with van der Waals surface area (Å²) < 4.78 is 0.735. The number of piperazine rings is 1. The van der Waals surface area contributed by atoms with Crippen LogP contribution in [-0.2, 0) is 9.59 Å². The quantitative estimate of drug-likeness (QED) is 0.423. The third kappa shape index (κ3) is 7.52. The minimum Gasteiger partial charge on any atom is -0.343 e. The number of nitrogens with zero attached hydrogens (tertiary/aromatic N) is 6. The van der Waals surface area contributed by atoms with E-state index in [1.54, 1.807) is 9.80 Å². The van der Waals surface area contributed by atoms with Gasteiger partial charge in [-0.1, -0.05) is 17.7 Å². The Hall–Kier alpha value is -2.49. The highest BCUT2D eigenvalue weighted by molar-refractivity contribution is 7.16. The van der Waals surface area contributed by atoms with E-state index in [1.165, 1.54) is 11.3 Å². The van der Waals surface area contributed by atoms with Crippen molar-refractivity contribution in [1.29, 1.82) is 0 Å². The zero-order chi connectivity index (χ0) is 26.4. The van der Waals surface area contributed by atoms with Crippen LogP contribution in [0.25, 0.3) is 6.08 Å². The third-order valence-electron chi connectivity index (χ3n) is 7.23. The second-order valence-corrected chi connectivity index (χ2v) is 12.0. The van der Waals surface area contributed by atoms with Crippen molar-refractivity contribution in [3.05, 3.63) is 45.4 Å². The molecule has 0 aromatic carbocycles. The maximum absolute atomic E-state index is 12.8. The van der Waals surface area contributed by atoms with Crippen molar-refractivity contribution in [2.24, 2.45) is 5.92 Å². The van der Waals surface area contributed by atoms with Gasteiger partial charge < -0.3 is 19.6 Å². The van der Waals surface area contributed by atoms with E-state index in [2.05, 4.69) is 28.9 Å². The number of anilines is 1. The Balaban J connectivity index is 1.23. The van der Waals surface area contributed by atoms with Crippen LogP contribution in [0, 0.1) is 5.92 Å². The average Bonchev–Trinajstić information content (AvgIpc) is 3.32. The molecule has 2 aromatic heterocycles. The first-order valence-electron chi connectivity index (χ1n) is 13.0. The highest BCUT2D eigenvalue weighted by Crippen LogP contribution is 2.35. The van der Waals surface area contributed by atoms with Crippen molar-refractivity contribution < 1.29 is 9.59 Å². The van der Waals surface area contributed by atoms with Crippen molar-refractivity contribution in [2.75, 3.05) is 65.3 Å². The first-order chi connectivity index (χ1) is 17.8. The fourth-order valence-corrected chi connectivity index (χ4v) is 5.94. The lowest BCUT2D eigenvalue weighted by Gasteiger charge is -2.37. The molecule has 1 saturated heterocycles. The molecule has 8 nitrogen and oxygen atoms in total. The van der Waals surface area contributed by atoms with Gasteiger partial charge in [0.15, 0.2) is 0 Å². The number of carbonyl (C=O) groups excluding carboxylic acids is 2. The summed E-state index contributed by atoms with van der Waals surface area (Å²) in [4.78, 5) is 43.5. The molecule has 0 atom stereocenters. The van der Waals surface area contributed by atoms with Crippen LogP contribution in [0.1, 0.15) is 42.2 Å². The lowest BCUT2D eigenvalue weighted by Crippen LogP contribution is -2.55. The molecule has 1 aliphatic heterocycles. The number of thiophene rings is 1. The monoisotopic (exact) mass is 544 g/mol. The van der Waals surface area contributed by atoms with Crippen molar-refractivity contribution in [2.45, 2.75) is 31.6 Å². The molecule has 37 heavy (non-hydrogen) atoms. The molecule has 1 aliphatic carbocycles. The normalized spacial score (nSPS) is 20.9. The van der Waals surface area contributed by atoms with Gasteiger partial charge in [0.1, 0.15) is 0 Å². The predicted molar refractivity (Wildman–Crippen MR) is 150 cm³/mol. The molecule has 0 bridgehead atoms. The molecule has 10 heteroatoms. The summed E-state index contributed by atoms with van der Waals surface area (Å²) in [5.74, 6) is 0.840. The molecule has 0 radical (unpaired) electrons. The second-order valence-electron chi connectivity index (χ2n) is 10.3. The highest BCUT2D eigenvalue weighted by atomic mass is 35.5. The van der Waals surface area contributed by atoms with E-state index >= 15 is 0 Å². The number of halogens is 1. The zero-order valence-corrected chi connectivity index (χ0v) is 23.5. The van der Waals surface area contributed by atoms with E-state index in [4.69, 9.17) is 16.6 Å². The molecule has 0 spiro atoms. The maximum atomic E-state index is 12.8. The summed E-state index contributed by atoms with van der Waals surface area (Å²) in [5, 5.41) is 0. The average molecular weight is 545 g/mol. The zero-order valence-electron chi connectivity index (χ0n) is 22.0.